The Morgan fingerprint density at radius 3 is 2.56 bits per heavy atom. The highest BCUT2D eigenvalue weighted by Crippen LogP contribution is 2.35. The van der Waals surface area contributed by atoms with Crippen LogP contribution >= 0.6 is 0 Å². The average molecular weight is 342 g/mol. The summed E-state index contributed by atoms with van der Waals surface area (Å²) < 4.78 is 5.10. The molecular formula is C18H18N2O5. The van der Waals surface area contributed by atoms with E-state index in [0.717, 1.165) is 6.07 Å². The van der Waals surface area contributed by atoms with Crippen LogP contribution in [0.2, 0.25) is 0 Å². The van der Waals surface area contributed by atoms with E-state index < -0.39 is 18.0 Å². The van der Waals surface area contributed by atoms with Gasteiger partial charge in [-0.25, -0.2) is 4.79 Å². The lowest BCUT2D eigenvalue weighted by Crippen LogP contribution is -2.37. The summed E-state index contributed by atoms with van der Waals surface area (Å²) in [6, 6.07) is 9.55. The first kappa shape index (κ1) is 18.1. The van der Waals surface area contributed by atoms with E-state index in [1.165, 1.54) is 18.9 Å². The lowest BCUT2D eigenvalue weighted by atomic mass is 10.0. The summed E-state index contributed by atoms with van der Waals surface area (Å²) in [4.78, 5) is 25.7. The molecule has 7 nitrogen and oxygen atoms in total. The maximum atomic E-state index is 12.3. The lowest BCUT2D eigenvalue weighted by Gasteiger charge is -2.20. The third-order valence-corrected chi connectivity index (χ3v) is 3.78. The van der Waals surface area contributed by atoms with Crippen LogP contribution in [-0.4, -0.2) is 46.7 Å². The number of nitriles is 1. The minimum absolute atomic E-state index is 0.169. The van der Waals surface area contributed by atoms with Gasteiger partial charge in [0.15, 0.2) is 6.10 Å². The third-order valence-electron chi connectivity index (χ3n) is 3.78. The van der Waals surface area contributed by atoms with Crippen LogP contribution < -0.4 is 0 Å². The molecule has 0 spiro atoms. The zero-order chi connectivity index (χ0) is 18.6. The van der Waals surface area contributed by atoms with Crippen molar-refractivity contribution in [1.82, 2.24) is 4.90 Å². The highest BCUT2D eigenvalue weighted by atomic mass is 16.5. The largest absolute Gasteiger partial charge is 0.507 e. The Bertz CT molecular complexity index is 856. The number of aromatic hydroxyl groups is 2. The highest BCUT2D eigenvalue weighted by molar-refractivity contribution is 6.04. The number of ether oxygens (including phenoxy) is 1. The molecule has 25 heavy (non-hydrogen) atoms. The number of amides is 1. The lowest BCUT2D eigenvalue weighted by molar-refractivity contribution is -0.138. The molecule has 2 aromatic carbocycles. The number of rotatable bonds is 5. The number of carbonyl (C=O) groups is 2. The van der Waals surface area contributed by atoms with Crippen molar-refractivity contribution in [2.45, 2.75) is 19.4 Å². The minimum Gasteiger partial charge on any atom is -0.507 e. The van der Waals surface area contributed by atoms with Crippen LogP contribution in [0.3, 0.4) is 0 Å². The van der Waals surface area contributed by atoms with Gasteiger partial charge in [0.05, 0.1) is 12.5 Å². The van der Waals surface area contributed by atoms with E-state index >= 15 is 0 Å². The van der Waals surface area contributed by atoms with Crippen LogP contribution in [0, 0.1) is 11.3 Å². The van der Waals surface area contributed by atoms with Crippen molar-refractivity contribution in [3.8, 4) is 17.6 Å². The SMILES string of the molecule is C[C@H](OC(=O)c1cc(O)c2ccccc2c1O)C(=O)N(C)CCC#N. The van der Waals surface area contributed by atoms with Gasteiger partial charge < -0.3 is 19.8 Å². The number of phenols is 2. The van der Waals surface area contributed by atoms with Crippen LogP contribution in [0.1, 0.15) is 23.7 Å². The molecule has 0 heterocycles. The number of fused-ring (bicyclic) bond motifs is 1. The first-order chi connectivity index (χ1) is 11.9. The Morgan fingerprint density at radius 2 is 1.92 bits per heavy atom. The van der Waals surface area contributed by atoms with E-state index in [4.69, 9.17) is 10.00 Å². The van der Waals surface area contributed by atoms with E-state index in [-0.39, 0.29) is 30.0 Å². The molecule has 1 amide bonds. The van der Waals surface area contributed by atoms with Gasteiger partial charge in [0, 0.05) is 24.4 Å². The number of phenolic OH excluding ortho intramolecular Hbond substituents is 2. The number of nitrogens with zero attached hydrogens (tertiary/aromatic N) is 2. The maximum absolute atomic E-state index is 12.3. The summed E-state index contributed by atoms with van der Waals surface area (Å²) in [6.07, 6.45) is -0.924. The Kier molecular flexibility index (Phi) is 5.45. The molecule has 0 fully saturated rings. The van der Waals surface area contributed by atoms with Crippen molar-refractivity contribution in [3.63, 3.8) is 0 Å². The number of hydrogen-bond acceptors (Lipinski definition) is 6. The van der Waals surface area contributed by atoms with Gasteiger partial charge in [0.2, 0.25) is 0 Å². The summed E-state index contributed by atoms with van der Waals surface area (Å²) >= 11 is 0. The molecule has 2 N–H and O–H groups in total. The molecule has 0 aliphatic heterocycles. The zero-order valence-electron chi connectivity index (χ0n) is 13.9. The highest BCUT2D eigenvalue weighted by Gasteiger charge is 2.25. The zero-order valence-corrected chi connectivity index (χ0v) is 13.9. The predicted octanol–water partition coefficient (Wildman–Crippen LogP) is 2.17. The van der Waals surface area contributed by atoms with Gasteiger partial charge in [0.25, 0.3) is 5.91 Å². The molecule has 1 atom stereocenters. The second-order valence-corrected chi connectivity index (χ2v) is 5.55. The second-order valence-electron chi connectivity index (χ2n) is 5.55. The molecule has 0 bridgehead atoms. The van der Waals surface area contributed by atoms with E-state index in [1.807, 2.05) is 6.07 Å². The molecule has 0 aromatic heterocycles. The Hall–Kier alpha value is -3.27. The van der Waals surface area contributed by atoms with Gasteiger partial charge in [-0.15, -0.1) is 0 Å². The van der Waals surface area contributed by atoms with Crippen molar-refractivity contribution < 1.29 is 24.5 Å². The van der Waals surface area contributed by atoms with Crippen molar-refractivity contribution in [3.05, 3.63) is 35.9 Å². The van der Waals surface area contributed by atoms with Crippen molar-refractivity contribution in [1.29, 1.82) is 5.26 Å². The van der Waals surface area contributed by atoms with Crippen LogP contribution in [0.15, 0.2) is 30.3 Å². The maximum Gasteiger partial charge on any atom is 0.342 e. The summed E-state index contributed by atoms with van der Waals surface area (Å²) in [5.41, 5.74) is -0.226. The van der Waals surface area contributed by atoms with Gasteiger partial charge >= 0.3 is 5.97 Å². The molecule has 0 aliphatic rings. The first-order valence-corrected chi connectivity index (χ1v) is 7.63. The standard InChI is InChI=1S/C18H18N2O5/c1-11(17(23)20(2)9-5-8-19)25-18(24)14-10-15(21)12-6-3-4-7-13(12)16(14)22/h3-4,6-7,10-11,21-22H,5,9H2,1-2H3/t11-/m0/s1. The second kappa shape index (κ2) is 7.53. The van der Waals surface area contributed by atoms with Gasteiger partial charge in [-0.2, -0.15) is 5.26 Å². The molecule has 130 valence electrons. The van der Waals surface area contributed by atoms with Crippen molar-refractivity contribution in [2.24, 2.45) is 0 Å². The Morgan fingerprint density at radius 1 is 1.28 bits per heavy atom. The Labute approximate surface area is 144 Å². The first-order valence-electron chi connectivity index (χ1n) is 7.63. The van der Waals surface area contributed by atoms with E-state index in [1.54, 1.807) is 24.3 Å². The molecule has 2 rings (SSSR count). The summed E-state index contributed by atoms with van der Waals surface area (Å²) in [5, 5.41) is 29.6. The fraction of sp³-hybridized carbons (Fsp3) is 0.278. The Balaban J connectivity index is 2.21. The van der Waals surface area contributed by atoms with Crippen LogP contribution in [0.5, 0.6) is 11.5 Å². The summed E-state index contributed by atoms with van der Waals surface area (Å²) in [5.74, 6) is -1.89. The van der Waals surface area contributed by atoms with E-state index in [0.29, 0.717) is 10.8 Å². The predicted molar refractivity (Wildman–Crippen MR) is 90.0 cm³/mol. The van der Waals surface area contributed by atoms with Gasteiger partial charge in [0.1, 0.15) is 17.1 Å². The summed E-state index contributed by atoms with van der Waals surface area (Å²) in [6.45, 7) is 1.63. The number of carbonyl (C=O) groups excluding carboxylic acids is 2. The normalized spacial score (nSPS) is 11.6. The van der Waals surface area contributed by atoms with Crippen LogP contribution in [0.4, 0.5) is 0 Å². The van der Waals surface area contributed by atoms with Gasteiger partial charge in [-0.05, 0) is 13.0 Å². The molecule has 0 saturated heterocycles. The van der Waals surface area contributed by atoms with E-state index in [9.17, 15) is 19.8 Å². The third kappa shape index (κ3) is 3.80. The number of esters is 1. The van der Waals surface area contributed by atoms with Crippen molar-refractivity contribution >= 4 is 22.6 Å². The van der Waals surface area contributed by atoms with Gasteiger partial charge in [-0.3, -0.25) is 4.79 Å². The number of likely N-dealkylation sites (N-methyl/N-ethyl adjacent to an activating group) is 1. The molecule has 2 aromatic rings. The van der Waals surface area contributed by atoms with Crippen LogP contribution in [-0.2, 0) is 9.53 Å². The van der Waals surface area contributed by atoms with Crippen molar-refractivity contribution in [2.75, 3.05) is 13.6 Å². The minimum atomic E-state index is -1.09. The van der Waals surface area contributed by atoms with E-state index in [2.05, 4.69) is 0 Å². The monoisotopic (exact) mass is 342 g/mol. The number of benzene rings is 2. The summed E-state index contributed by atoms with van der Waals surface area (Å²) in [7, 11) is 1.50. The molecule has 0 aliphatic carbocycles. The quantitative estimate of drug-likeness (QED) is 0.636. The molecule has 0 radical (unpaired) electrons. The molecule has 0 unspecified atom stereocenters. The topological polar surface area (TPSA) is 111 Å². The number of hydrogen-bond donors (Lipinski definition) is 2. The smallest absolute Gasteiger partial charge is 0.342 e. The fourth-order valence-electron chi connectivity index (χ4n) is 2.41. The average Bonchev–Trinajstić information content (AvgIpc) is 2.61. The molecule has 7 heteroatoms. The fourth-order valence-corrected chi connectivity index (χ4v) is 2.41. The molecule has 0 saturated carbocycles. The molecular weight excluding hydrogens is 324 g/mol. The van der Waals surface area contributed by atoms with Crippen LogP contribution in [0.25, 0.3) is 10.8 Å². The van der Waals surface area contributed by atoms with Gasteiger partial charge in [-0.1, -0.05) is 24.3 Å².